The molecule has 3 atom stereocenters. The highest BCUT2D eigenvalue weighted by Crippen LogP contribution is 2.71. The molecular weight excluding hydrogens is 255 g/mol. The van der Waals surface area contributed by atoms with Crippen LogP contribution >= 0.6 is 0 Å². The predicted octanol–water partition coefficient (Wildman–Crippen LogP) is 2.58. The largest absolute Gasteiger partial charge is 0.431 e. The number of benzene rings is 1. The van der Waals surface area contributed by atoms with Crippen LogP contribution in [0.25, 0.3) is 0 Å². The average molecular weight is 271 g/mol. The minimum Gasteiger partial charge on any atom is -0.368 e. The third-order valence-corrected chi connectivity index (χ3v) is 4.80. The molecule has 2 aliphatic rings. The molecule has 0 amide bonds. The van der Waals surface area contributed by atoms with E-state index in [2.05, 4.69) is 5.32 Å². The second-order valence-electron chi connectivity index (χ2n) is 6.11. The predicted molar refractivity (Wildman–Crippen MR) is 64.4 cm³/mol. The topological polar surface area (TPSA) is 32.3 Å². The number of piperidine rings is 1. The Morgan fingerprint density at radius 2 is 1.79 bits per heavy atom. The van der Waals surface area contributed by atoms with Crippen LogP contribution in [0, 0.1) is 5.92 Å². The minimum absolute atomic E-state index is 0.354. The molecule has 0 bridgehead atoms. The van der Waals surface area contributed by atoms with E-state index in [0.717, 1.165) is 5.56 Å². The lowest BCUT2D eigenvalue weighted by atomic mass is 9.79. The third-order valence-electron chi connectivity index (χ3n) is 4.80. The molecule has 0 radical (unpaired) electrons. The molecule has 1 saturated carbocycles. The standard InChI is InChI=1S/C14H16F3NO/c1-11(2)12(9-6-4-3-5-7-9)8-10(12)13(19,18-11)14(15,16)17/h3-7,10,18-19H,8H2,1-2H3/t10-,12-,13-/m1/s1. The second-order valence-corrected chi connectivity index (χ2v) is 6.11. The van der Waals surface area contributed by atoms with Gasteiger partial charge >= 0.3 is 6.18 Å². The quantitative estimate of drug-likeness (QED) is 0.823. The van der Waals surface area contributed by atoms with Gasteiger partial charge in [0.15, 0.2) is 0 Å². The summed E-state index contributed by atoms with van der Waals surface area (Å²) in [4.78, 5) is 0. The van der Waals surface area contributed by atoms with Gasteiger partial charge in [0.2, 0.25) is 5.72 Å². The van der Waals surface area contributed by atoms with Crippen LogP contribution in [0.5, 0.6) is 0 Å². The van der Waals surface area contributed by atoms with Crippen LogP contribution in [0.3, 0.4) is 0 Å². The van der Waals surface area contributed by atoms with Crippen molar-refractivity contribution in [2.24, 2.45) is 5.92 Å². The maximum absolute atomic E-state index is 13.1. The number of halogens is 3. The summed E-state index contributed by atoms with van der Waals surface area (Å²) >= 11 is 0. The summed E-state index contributed by atoms with van der Waals surface area (Å²) in [6.45, 7) is 3.45. The second kappa shape index (κ2) is 3.33. The van der Waals surface area contributed by atoms with Crippen molar-refractivity contribution < 1.29 is 18.3 Å². The van der Waals surface area contributed by atoms with Crippen molar-refractivity contribution >= 4 is 0 Å². The Morgan fingerprint density at radius 1 is 1.21 bits per heavy atom. The lowest BCUT2D eigenvalue weighted by Crippen LogP contribution is -2.61. The molecule has 1 saturated heterocycles. The molecule has 1 heterocycles. The van der Waals surface area contributed by atoms with Gasteiger partial charge in [0.25, 0.3) is 0 Å². The van der Waals surface area contributed by atoms with Gasteiger partial charge in [-0.1, -0.05) is 30.3 Å². The lowest BCUT2D eigenvalue weighted by molar-refractivity contribution is -0.278. The zero-order valence-electron chi connectivity index (χ0n) is 10.8. The van der Waals surface area contributed by atoms with Crippen molar-refractivity contribution in [3.8, 4) is 0 Å². The number of hydrogen-bond acceptors (Lipinski definition) is 2. The molecule has 2 N–H and O–H groups in total. The van der Waals surface area contributed by atoms with Crippen LogP contribution in [0.2, 0.25) is 0 Å². The Morgan fingerprint density at radius 3 is 2.21 bits per heavy atom. The highest BCUT2D eigenvalue weighted by atomic mass is 19.4. The summed E-state index contributed by atoms with van der Waals surface area (Å²) in [5, 5.41) is 12.5. The normalized spacial score (nSPS) is 40.0. The van der Waals surface area contributed by atoms with E-state index in [0.29, 0.717) is 6.42 Å². The molecule has 1 aliphatic carbocycles. The van der Waals surface area contributed by atoms with E-state index in [1.807, 2.05) is 30.3 Å². The summed E-state index contributed by atoms with van der Waals surface area (Å²) in [6.07, 6.45) is -4.31. The summed E-state index contributed by atoms with van der Waals surface area (Å²) in [7, 11) is 0. The molecule has 2 nitrogen and oxygen atoms in total. The zero-order chi connectivity index (χ0) is 14.1. The highest BCUT2D eigenvalue weighted by Gasteiger charge is 2.82. The van der Waals surface area contributed by atoms with E-state index >= 15 is 0 Å². The molecule has 0 unspecified atom stereocenters. The van der Waals surface area contributed by atoms with Crippen LogP contribution < -0.4 is 5.32 Å². The average Bonchev–Trinajstić information content (AvgIpc) is 3.01. The number of hydrogen-bond donors (Lipinski definition) is 2. The third kappa shape index (κ3) is 1.40. The number of alkyl halides is 3. The highest BCUT2D eigenvalue weighted by molar-refractivity contribution is 5.45. The SMILES string of the molecule is CC1(C)N[C@](O)(C(F)(F)F)[C@@H]2C[C@@]21c1ccccc1. The van der Waals surface area contributed by atoms with E-state index in [1.165, 1.54) is 0 Å². The van der Waals surface area contributed by atoms with Crippen LogP contribution in [0.15, 0.2) is 30.3 Å². The number of nitrogens with one attached hydrogen (secondary N) is 1. The van der Waals surface area contributed by atoms with E-state index in [9.17, 15) is 18.3 Å². The first kappa shape index (κ1) is 12.9. The van der Waals surface area contributed by atoms with Gasteiger partial charge in [0.1, 0.15) is 0 Å². The van der Waals surface area contributed by atoms with Crippen LogP contribution in [0.1, 0.15) is 25.8 Å². The molecule has 0 aromatic heterocycles. The van der Waals surface area contributed by atoms with Gasteiger partial charge in [-0.15, -0.1) is 0 Å². The summed E-state index contributed by atoms with van der Waals surface area (Å²) in [6, 6.07) is 9.15. The van der Waals surface area contributed by atoms with Gasteiger partial charge in [-0.05, 0) is 25.8 Å². The molecular formula is C14H16F3NO. The van der Waals surface area contributed by atoms with Gasteiger partial charge < -0.3 is 5.11 Å². The van der Waals surface area contributed by atoms with Crippen molar-refractivity contribution in [1.29, 1.82) is 0 Å². The number of rotatable bonds is 1. The van der Waals surface area contributed by atoms with Gasteiger partial charge in [0.05, 0.1) is 0 Å². The van der Waals surface area contributed by atoms with Crippen molar-refractivity contribution in [1.82, 2.24) is 5.32 Å². The van der Waals surface area contributed by atoms with Crippen LogP contribution in [-0.4, -0.2) is 22.5 Å². The fourth-order valence-electron chi connectivity index (χ4n) is 3.82. The Bertz CT molecular complexity index is 513. The summed E-state index contributed by atoms with van der Waals surface area (Å²) < 4.78 is 39.4. The Balaban J connectivity index is 2.09. The van der Waals surface area contributed by atoms with Crippen molar-refractivity contribution in [3.63, 3.8) is 0 Å². The van der Waals surface area contributed by atoms with Crippen molar-refractivity contribution in [2.45, 2.75) is 43.1 Å². The molecule has 0 spiro atoms. The van der Waals surface area contributed by atoms with Gasteiger partial charge in [0, 0.05) is 16.9 Å². The van der Waals surface area contributed by atoms with Crippen LogP contribution in [-0.2, 0) is 5.41 Å². The fraction of sp³-hybridized carbons (Fsp3) is 0.571. The lowest BCUT2D eigenvalue weighted by Gasteiger charge is -2.36. The molecule has 3 rings (SSSR count). The molecule has 5 heteroatoms. The minimum atomic E-state index is -4.66. The van der Waals surface area contributed by atoms with E-state index in [4.69, 9.17) is 0 Å². The first-order valence-corrected chi connectivity index (χ1v) is 6.29. The fourth-order valence-corrected chi connectivity index (χ4v) is 3.82. The first-order valence-electron chi connectivity index (χ1n) is 6.29. The maximum atomic E-state index is 13.1. The van der Waals surface area contributed by atoms with Gasteiger partial charge in [-0.2, -0.15) is 13.2 Å². The van der Waals surface area contributed by atoms with Crippen molar-refractivity contribution in [2.75, 3.05) is 0 Å². The maximum Gasteiger partial charge on any atom is 0.431 e. The van der Waals surface area contributed by atoms with Crippen molar-refractivity contribution in [3.05, 3.63) is 35.9 Å². The molecule has 2 fully saturated rings. The molecule has 1 aromatic rings. The van der Waals surface area contributed by atoms with Gasteiger partial charge in [-0.3, -0.25) is 5.32 Å². The molecule has 1 aliphatic heterocycles. The molecule has 104 valence electrons. The van der Waals surface area contributed by atoms with E-state index in [1.54, 1.807) is 13.8 Å². The summed E-state index contributed by atoms with van der Waals surface area (Å²) in [5.41, 5.74) is -3.37. The summed E-state index contributed by atoms with van der Waals surface area (Å²) in [5.74, 6) is -0.822. The smallest absolute Gasteiger partial charge is 0.368 e. The van der Waals surface area contributed by atoms with Gasteiger partial charge in [-0.25, -0.2) is 0 Å². The Labute approximate surface area is 109 Å². The van der Waals surface area contributed by atoms with E-state index < -0.39 is 28.8 Å². The first-order chi connectivity index (χ1) is 8.65. The van der Waals surface area contributed by atoms with Crippen LogP contribution in [0.4, 0.5) is 13.2 Å². The van der Waals surface area contributed by atoms with E-state index in [-0.39, 0.29) is 0 Å². The monoisotopic (exact) mass is 271 g/mol. The molecule has 1 aromatic carbocycles. The number of fused-ring (bicyclic) bond motifs is 1. The zero-order valence-corrected chi connectivity index (χ0v) is 10.8. The Kier molecular flexibility index (Phi) is 2.27. The number of aliphatic hydroxyl groups is 1. The molecule has 19 heavy (non-hydrogen) atoms. The Hall–Kier alpha value is -1.07.